The molecule has 0 bridgehead atoms. The standard InChI is InChI=1S/C20H19FN2O3/c1-2-3-9-23-19(25)16-8-7-14(11-17(16)20(23)26)18(24)22-12-13-5-4-6-15(21)10-13/h4-8,10-11H,2-3,9,12H2,1H3,(H,22,24). The third-order valence-corrected chi connectivity index (χ3v) is 4.31. The van der Waals surface area contributed by atoms with E-state index in [1.807, 2.05) is 6.92 Å². The highest BCUT2D eigenvalue weighted by Crippen LogP contribution is 2.24. The van der Waals surface area contributed by atoms with Crippen molar-refractivity contribution >= 4 is 17.7 Å². The number of amides is 3. The first kappa shape index (κ1) is 17.8. The molecule has 0 saturated carbocycles. The van der Waals surface area contributed by atoms with Crippen molar-refractivity contribution in [3.05, 3.63) is 70.5 Å². The van der Waals surface area contributed by atoms with Gasteiger partial charge >= 0.3 is 0 Å². The molecule has 1 aliphatic rings. The van der Waals surface area contributed by atoms with E-state index in [-0.39, 0.29) is 35.6 Å². The Balaban J connectivity index is 1.73. The number of rotatable bonds is 6. The minimum absolute atomic E-state index is 0.170. The van der Waals surface area contributed by atoms with Gasteiger partial charge in [0, 0.05) is 18.7 Å². The number of unbranched alkanes of at least 4 members (excludes halogenated alkanes) is 1. The van der Waals surface area contributed by atoms with Gasteiger partial charge in [-0.2, -0.15) is 0 Å². The fourth-order valence-corrected chi connectivity index (χ4v) is 2.88. The maximum Gasteiger partial charge on any atom is 0.261 e. The fraction of sp³-hybridized carbons (Fsp3) is 0.250. The number of halogens is 1. The van der Waals surface area contributed by atoms with E-state index in [2.05, 4.69) is 5.32 Å². The Morgan fingerprint density at radius 2 is 1.85 bits per heavy atom. The molecule has 2 aromatic rings. The monoisotopic (exact) mass is 354 g/mol. The highest BCUT2D eigenvalue weighted by Gasteiger charge is 2.35. The minimum atomic E-state index is -0.385. The minimum Gasteiger partial charge on any atom is -0.348 e. The largest absolute Gasteiger partial charge is 0.348 e. The van der Waals surface area contributed by atoms with E-state index in [9.17, 15) is 18.8 Å². The van der Waals surface area contributed by atoms with Crippen LogP contribution < -0.4 is 5.32 Å². The molecule has 0 spiro atoms. The number of hydrogen-bond acceptors (Lipinski definition) is 3. The molecule has 2 aromatic carbocycles. The molecule has 0 atom stereocenters. The van der Waals surface area contributed by atoms with Crippen molar-refractivity contribution in [2.75, 3.05) is 6.54 Å². The molecule has 3 amide bonds. The van der Waals surface area contributed by atoms with E-state index >= 15 is 0 Å². The number of carbonyl (C=O) groups is 3. The molecule has 3 rings (SSSR count). The molecule has 0 fully saturated rings. The lowest BCUT2D eigenvalue weighted by atomic mass is 10.1. The Kier molecular flexibility index (Phi) is 5.11. The first-order valence-corrected chi connectivity index (χ1v) is 8.54. The van der Waals surface area contributed by atoms with Crippen molar-refractivity contribution in [3.8, 4) is 0 Å². The fourth-order valence-electron chi connectivity index (χ4n) is 2.88. The van der Waals surface area contributed by atoms with Gasteiger partial charge in [0.2, 0.25) is 0 Å². The Hall–Kier alpha value is -3.02. The summed E-state index contributed by atoms with van der Waals surface area (Å²) in [7, 11) is 0. The summed E-state index contributed by atoms with van der Waals surface area (Å²) in [6, 6.07) is 10.4. The second-order valence-corrected chi connectivity index (χ2v) is 6.19. The Labute approximate surface area is 150 Å². The Bertz CT molecular complexity index is 879. The van der Waals surface area contributed by atoms with Gasteiger partial charge in [0.1, 0.15) is 5.82 Å². The smallest absolute Gasteiger partial charge is 0.261 e. The average molecular weight is 354 g/mol. The SMILES string of the molecule is CCCCN1C(=O)c2ccc(C(=O)NCc3cccc(F)c3)cc2C1=O. The van der Waals surface area contributed by atoms with Crippen LogP contribution >= 0.6 is 0 Å². The molecule has 26 heavy (non-hydrogen) atoms. The van der Waals surface area contributed by atoms with Gasteiger partial charge in [-0.15, -0.1) is 0 Å². The normalized spacial score (nSPS) is 13.1. The number of nitrogens with one attached hydrogen (secondary N) is 1. The van der Waals surface area contributed by atoms with E-state index in [1.54, 1.807) is 12.1 Å². The van der Waals surface area contributed by atoms with Gasteiger partial charge in [-0.25, -0.2) is 4.39 Å². The van der Waals surface area contributed by atoms with Crippen molar-refractivity contribution in [1.29, 1.82) is 0 Å². The molecular formula is C20H19FN2O3. The van der Waals surface area contributed by atoms with Crippen LogP contribution in [0.3, 0.4) is 0 Å². The highest BCUT2D eigenvalue weighted by atomic mass is 19.1. The summed E-state index contributed by atoms with van der Waals surface area (Å²) in [5, 5.41) is 2.69. The van der Waals surface area contributed by atoms with E-state index in [0.29, 0.717) is 23.2 Å². The van der Waals surface area contributed by atoms with Gasteiger partial charge in [0.25, 0.3) is 17.7 Å². The molecule has 6 heteroatoms. The molecule has 134 valence electrons. The van der Waals surface area contributed by atoms with Gasteiger partial charge in [-0.3, -0.25) is 19.3 Å². The topological polar surface area (TPSA) is 66.5 Å². The van der Waals surface area contributed by atoms with Crippen molar-refractivity contribution in [2.45, 2.75) is 26.3 Å². The van der Waals surface area contributed by atoms with Gasteiger partial charge in [-0.05, 0) is 42.3 Å². The molecule has 5 nitrogen and oxygen atoms in total. The predicted octanol–water partition coefficient (Wildman–Crippen LogP) is 3.15. The maximum atomic E-state index is 13.2. The number of benzene rings is 2. The highest BCUT2D eigenvalue weighted by molar-refractivity contribution is 6.22. The maximum absolute atomic E-state index is 13.2. The molecule has 1 heterocycles. The van der Waals surface area contributed by atoms with Crippen LogP contribution in [0.25, 0.3) is 0 Å². The second kappa shape index (κ2) is 7.47. The van der Waals surface area contributed by atoms with E-state index in [4.69, 9.17) is 0 Å². The Morgan fingerprint density at radius 3 is 2.58 bits per heavy atom. The first-order valence-electron chi connectivity index (χ1n) is 8.54. The van der Waals surface area contributed by atoms with Crippen LogP contribution in [-0.2, 0) is 6.54 Å². The summed E-state index contributed by atoms with van der Waals surface area (Å²) >= 11 is 0. The summed E-state index contributed by atoms with van der Waals surface area (Å²) in [6.07, 6.45) is 1.62. The lowest BCUT2D eigenvalue weighted by Crippen LogP contribution is -2.30. The summed E-state index contributed by atoms with van der Waals surface area (Å²) < 4.78 is 13.2. The van der Waals surface area contributed by atoms with Crippen LogP contribution in [0.1, 0.15) is 56.4 Å². The number of imide groups is 1. The van der Waals surface area contributed by atoms with Crippen LogP contribution in [0.5, 0.6) is 0 Å². The Morgan fingerprint density at radius 1 is 1.08 bits per heavy atom. The van der Waals surface area contributed by atoms with E-state index in [1.165, 1.54) is 35.2 Å². The molecule has 0 aromatic heterocycles. The zero-order chi connectivity index (χ0) is 18.7. The van der Waals surface area contributed by atoms with Crippen LogP contribution in [0.2, 0.25) is 0 Å². The summed E-state index contributed by atoms with van der Waals surface area (Å²) in [6.45, 7) is 2.53. The quantitative estimate of drug-likeness (QED) is 0.811. The number of carbonyl (C=O) groups excluding carboxylic acids is 3. The first-order chi connectivity index (χ1) is 12.5. The van der Waals surface area contributed by atoms with Gasteiger partial charge in [-0.1, -0.05) is 25.5 Å². The predicted molar refractivity (Wildman–Crippen MR) is 94.3 cm³/mol. The molecular weight excluding hydrogens is 335 g/mol. The van der Waals surface area contributed by atoms with Crippen LogP contribution in [0.4, 0.5) is 4.39 Å². The lowest BCUT2D eigenvalue weighted by molar-refractivity contribution is 0.0652. The zero-order valence-electron chi connectivity index (χ0n) is 14.4. The summed E-state index contributed by atoms with van der Waals surface area (Å²) in [5.41, 5.74) is 1.51. The molecule has 0 aliphatic carbocycles. The van der Waals surface area contributed by atoms with Crippen molar-refractivity contribution in [1.82, 2.24) is 10.2 Å². The summed E-state index contributed by atoms with van der Waals surface area (Å²) in [5.74, 6) is -1.43. The van der Waals surface area contributed by atoms with Crippen LogP contribution in [0.15, 0.2) is 42.5 Å². The second-order valence-electron chi connectivity index (χ2n) is 6.19. The lowest BCUT2D eigenvalue weighted by Gasteiger charge is -2.12. The summed E-state index contributed by atoms with van der Waals surface area (Å²) in [4.78, 5) is 38.3. The van der Waals surface area contributed by atoms with Crippen molar-refractivity contribution in [2.24, 2.45) is 0 Å². The number of nitrogens with zero attached hydrogens (tertiary/aromatic N) is 1. The van der Waals surface area contributed by atoms with Gasteiger partial charge < -0.3 is 5.32 Å². The van der Waals surface area contributed by atoms with E-state index < -0.39 is 0 Å². The molecule has 0 saturated heterocycles. The van der Waals surface area contributed by atoms with Gasteiger partial charge in [0.05, 0.1) is 11.1 Å². The van der Waals surface area contributed by atoms with Crippen molar-refractivity contribution < 1.29 is 18.8 Å². The molecule has 1 aliphatic heterocycles. The van der Waals surface area contributed by atoms with Crippen molar-refractivity contribution in [3.63, 3.8) is 0 Å². The number of hydrogen-bond donors (Lipinski definition) is 1. The molecule has 0 unspecified atom stereocenters. The molecule has 0 radical (unpaired) electrons. The number of fused-ring (bicyclic) bond motifs is 1. The van der Waals surface area contributed by atoms with Crippen LogP contribution in [-0.4, -0.2) is 29.2 Å². The third-order valence-electron chi connectivity index (χ3n) is 4.31. The molecule has 1 N–H and O–H groups in total. The zero-order valence-corrected chi connectivity index (χ0v) is 14.4. The van der Waals surface area contributed by atoms with Gasteiger partial charge in [0.15, 0.2) is 0 Å². The average Bonchev–Trinajstić information content (AvgIpc) is 2.88. The van der Waals surface area contributed by atoms with Crippen LogP contribution in [0, 0.1) is 5.82 Å². The van der Waals surface area contributed by atoms with E-state index in [0.717, 1.165) is 12.8 Å². The third kappa shape index (κ3) is 3.49.